The van der Waals surface area contributed by atoms with E-state index in [4.69, 9.17) is 4.74 Å². The maximum absolute atomic E-state index is 12.2. The molecule has 1 heterocycles. The number of esters is 1. The zero-order valence-corrected chi connectivity index (χ0v) is 12.8. The van der Waals surface area contributed by atoms with E-state index in [0.717, 1.165) is 15.6 Å². The first-order valence-electron chi connectivity index (χ1n) is 6.62. The van der Waals surface area contributed by atoms with E-state index in [9.17, 15) is 4.79 Å². The van der Waals surface area contributed by atoms with Crippen LogP contribution in [0.15, 0.2) is 59.1 Å². The summed E-state index contributed by atoms with van der Waals surface area (Å²) < 4.78 is 6.71. The predicted molar refractivity (Wildman–Crippen MR) is 81.4 cm³/mol. The second-order valence-corrected chi connectivity index (χ2v) is 6.24. The average molecular weight is 331 g/mol. The molecule has 2 nitrogen and oxygen atoms in total. The lowest BCUT2D eigenvalue weighted by atomic mass is 9.86. The van der Waals surface area contributed by atoms with Gasteiger partial charge in [0, 0.05) is 10.9 Å². The fourth-order valence-corrected chi connectivity index (χ4v) is 2.99. The highest BCUT2D eigenvalue weighted by molar-refractivity contribution is 9.10. The van der Waals surface area contributed by atoms with Crippen molar-refractivity contribution in [1.29, 1.82) is 0 Å². The molecule has 0 aliphatic carbocycles. The summed E-state index contributed by atoms with van der Waals surface area (Å²) in [6.07, 6.45) is 0.678. The predicted octanol–water partition coefficient (Wildman–Crippen LogP) is 4.40. The van der Waals surface area contributed by atoms with Gasteiger partial charge in [0.1, 0.15) is 5.60 Å². The Balaban J connectivity index is 1.91. The van der Waals surface area contributed by atoms with Crippen LogP contribution in [0, 0.1) is 0 Å². The van der Waals surface area contributed by atoms with Crippen LogP contribution in [0.5, 0.6) is 0 Å². The van der Waals surface area contributed by atoms with E-state index in [1.165, 1.54) is 0 Å². The molecule has 0 spiro atoms. The summed E-state index contributed by atoms with van der Waals surface area (Å²) in [5.74, 6) is -0.313. The fraction of sp³-hybridized carbons (Fsp3) is 0.235. The second-order valence-electron chi connectivity index (χ2n) is 5.33. The van der Waals surface area contributed by atoms with Crippen molar-refractivity contribution in [3.05, 3.63) is 70.2 Å². The monoisotopic (exact) mass is 330 g/mol. The third kappa shape index (κ3) is 2.38. The van der Waals surface area contributed by atoms with Gasteiger partial charge in [-0.25, -0.2) is 0 Å². The number of hydrogen-bond acceptors (Lipinski definition) is 2. The highest BCUT2D eigenvalue weighted by Gasteiger charge is 2.45. The number of halogens is 1. The summed E-state index contributed by atoms with van der Waals surface area (Å²) in [5.41, 5.74) is 1.52. The van der Waals surface area contributed by atoms with Gasteiger partial charge in [0.15, 0.2) is 0 Å². The van der Waals surface area contributed by atoms with Gasteiger partial charge in [0.05, 0.1) is 5.92 Å². The van der Waals surface area contributed by atoms with Gasteiger partial charge in [0.2, 0.25) is 0 Å². The standard InChI is InChI=1S/C17H15BrO2/c1-17(13-7-9-14(18)10-8-13)11-15(16(19)20-17)12-5-3-2-4-6-12/h2-10,15H,11H2,1H3/t15-,17+/m1/s1. The fourth-order valence-electron chi connectivity index (χ4n) is 2.73. The second kappa shape index (κ2) is 5.06. The van der Waals surface area contributed by atoms with Gasteiger partial charge >= 0.3 is 5.97 Å². The summed E-state index contributed by atoms with van der Waals surface area (Å²) in [7, 11) is 0. The zero-order valence-electron chi connectivity index (χ0n) is 11.2. The molecule has 0 unspecified atom stereocenters. The van der Waals surface area contributed by atoms with E-state index in [2.05, 4.69) is 15.9 Å². The lowest BCUT2D eigenvalue weighted by Gasteiger charge is -2.23. The van der Waals surface area contributed by atoms with Crippen molar-refractivity contribution >= 4 is 21.9 Å². The Morgan fingerprint density at radius 1 is 1.10 bits per heavy atom. The molecule has 102 valence electrons. The van der Waals surface area contributed by atoms with E-state index < -0.39 is 5.60 Å². The van der Waals surface area contributed by atoms with Crippen LogP contribution in [0.1, 0.15) is 30.4 Å². The molecule has 2 aromatic rings. The van der Waals surface area contributed by atoms with Crippen molar-refractivity contribution in [1.82, 2.24) is 0 Å². The van der Waals surface area contributed by atoms with Crippen molar-refractivity contribution < 1.29 is 9.53 Å². The molecule has 1 aliphatic heterocycles. The molecule has 0 aromatic heterocycles. The van der Waals surface area contributed by atoms with Crippen LogP contribution >= 0.6 is 15.9 Å². The van der Waals surface area contributed by atoms with Gasteiger partial charge in [-0.15, -0.1) is 0 Å². The number of cyclic esters (lactones) is 1. The molecule has 0 N–H and O–H groups in total. The Bertz CT molecular complexity index is 621. The van der Waals surface area contributed by atoms with Crippen molar-refractivity contribution in [2.75, 3.05) is 0 Å². The van der Waals surface area contributed by atoms with Crippen molar-refractivity contribution in [2.24, 2.45) is 0 Å². The van der Waals surface area contributed by atoms with Gasteiger partial charge in [0.25, 0.3) is 0 Å². The van der Waals surface area contributed by atoms with Crippen molar-refractivity contribution in [2.45, 2.75) is 24.9 Å². The quantitative estimate of drug-likeness (QED) is 0.763. The average Bonchev–Trinajstić information content (AvgIpc) is 2.77. The van der Waals surface area contributed by atoms with Gasteiger partial charge in [-0.05, 0) is 30.2 Å². The van der Waals surface area contributed by atoms with Gasteiger partial charge in [-0.1, -0.05) is 58.4 Å². The molecule has 3 rings (SSSR count). The minimum absolute atomic E-state index is 0.137. The van der Waals surface area contributed by atoms with Gasteiger partial charge < -0.3 is 4.74 Å². The molecule has 20 heavy (non-hydrogen) atoms. The molecule has 1 aliphatic rings. The highest BCUT2D eigenvalue weighted by Crippen LogP contribution is 2.43. The largest absolute Gasteiger partial charge is 0.454 e. The number of carbonyl (C=O) groups is 1. The van der Waals surface area contributed by atoms with Crippen LogP contribution in [0.3, 0.4) is 0 Å². The molecule has 2 atom stereocenters. The van der Waals surface area contributed by atoms with Crippen molar-refractivity contribution in [3.63, 3.8) is 0 Å². The molecule has 2 aromatic carbocycles. The number of benzene rings is 2. The maximum Gasteiger partial charge on any atom is 0.314 e. The SMILES string of the molecule is C[C@@]1(c2ccc(Br)cc2)C[C@H](c2ccccc2)C(=O)O1. The van der Waals surface area contributed by atoms with Gasteiger partial charge in [-0.3, -0.25) is 4.79 Å². The molecule has 3 heteroatoms. The summed E-state index contributed by atoms with van der Waals surface area (Å²) in [4.78, 5) is 12.2. The number of rotatable bonds is 2. The summed E-state index contributed by atoms with van der Waals surface area (Å²) in [6.45, 7) is 1.98. The van der Waals surface area contributed by atoms with Gasteiger partial charge in [-0.2, -0.15) is 0 Å². The Morgan fingerprint density at radius 3 is 2.40 bits per heavy atom. The topological polar surface area (TPSA) is 26.3 Å². The molecule has 1 fully saturated rings. The Hall–Kier alpha value is -1.61. The summed E-state index contributed by atoms with van der Waals surface area (Å²) in [6, 6.07) is 17.8. The van der Waals surface area contributed by atoms with E-state index >= 15 is 0 Å². The molecule has 1 saturated heterocycles. The van der Waals surface area contributed by atoms with Crippen LogP contribution in [0.2, 0.25) is 0 Å². The number of carbonyl (C=O) groups excluding carboxylic acids is 1. The van der Waals surface area contributed by atoms with E-state index in [1.54, 1.807) is 0 Å². The molecule has 0 bridgehead atoms. The Kier molecular flexibility index (Phi) is 3.38. The van der Waals surface area contributed by atoms with Crippen LogP contribution in [-0.4, -0.2) is 5.97 Å². The third-order valence-electron chi connectivity index (χ3n) is 3.86. The molecular weight excluding hydrogens is 316 g/mol. The number of ether oxygens (including phenoxy) is 1. The smallest absolute Gasteiger partial charge is 0.314 e. The Labute approximate surface area is 126 Å². The summed E-state index contributed by atoms with van der Waals surface area (Å²) in [5, 5.41) is 0. The minimum Gasteiger partial charge on any atom is -0.454 e. The van der Waals surface area contributed by atoms with E-state index in [0.29, 0.717) is 6.42 Å². The van der Waals surface area contributed by atoms with E-state index in [-0.39, 0.29) is 11.9 Å². The third-order valence-corrected chi connectivity index (χ3v) is 4.39. The molecule has 0 saturated carbocycles. The first-order valence-corrected chi connectivity index (χ1v) is 7.42. The minimum atomic E-state index is -0.543. The number of hydrogen-bond donors (Lipinski definition) is 0. The Morgan fingerprint density at radius 2 is 1.75 bits per heavy atom. The maximum atomic E-state index is 12.2. The molecule has 0 radical (unpaired) electrons. The molecular formula is C17H15BrO2. The first kappa shape index (κ1) is 13.4. The van der Waals surface area contributed by atoms with Crippen molar-refractivity contribution in [3.8, 4) is 0 Å². The van der Waals surface area contributed by atoms with Crippen LogP contribution in [0.4, 0.5) is 0 Å². The lowest BCUT2D eigenvalue weighted by molar-refractivity contribution is -0.148. The molecule has 0 amide bonds. The normalized spacial score (nSPS) is 25.5. The van der Waals surface area contributed by atoms with Crippen LogP contribution in [0.25, 0.3) is 0 Å². The highest BCUT2D eigenvalue weighted by atomic mass is 79.9. The van der Waals surface area contributed by atoms with Crippen LogP contribution < -0.4 is 0 Å². The summed E-state index contributed by atoms with van der Waals surface area (Å²) >= 11 is 3.42. The lowest BCUT2D eigenvalue weighted by Crippen LogP contribution is -2.20. The zero-order chi connectivity index (χ0) is 14.2. The van der Waals surface area contributed by atoms with Crippen LogP contribution in [-0.2, 0) is 15.1 Å². The first-order chi connectivity index (χ1) is 9.58. The van der Waals surface area contributed by atoms with E-state index in [1.807, 2.05) is 61.5 Å².